The van der Waals surface area contributed by atoms with Crippen molar-refractivity contribution in [2.45, 2.75) is 52.5 Å². The van der Waals surface area contributed by atoms with Crippen molar-refractivity contribution >= 4 is 55.6 Å². The molecule has 3 aromatic carbocycles. The highest BCUT2D eigenvalue weighted by Gasteiger charge is 2.34. The average Bonchev–Trinajstić information content (AvgIpc) is 3.77. The second-order valence-electron chi connectivity index (χ2n) is 15.7. The fourth-order valence-corrected chi connectivity index (χ4v) is 7.51. The second kappa shape index (κ2) is 15.6. The molecule has 314 valence electrons. The van der Waals surface area contributed by atoms with Gasteiger partial charge in [-0.05, 0) is 87.4 Å². The van der Waals surface area contributed by atoms with Crippen molar-refractivity contribution in [1.82, 2.24) is 20.2 Å². The number of carbonyl (C=O) groups excluding carboxylic acids is 3. The molecule has 2 atom stereocenters. The molecule has 60 heavy (non-hydrogen) atoms. The zero-order chi connectivity index (χ0) is 43.4. The Hall–Kier alpha value is -6.49. The van der Waals surface area contributed by atoms with Crippen molar-refractivity contribution in [3.05, 3.63) is 90.0 Å². The Morgan fingerprint density at radius 2 is 1.72 bits per heavy atom. The van der Waals surface area contributed by atoms with Crippen LogP contribution in [0.15, 0.2) is 77.2 Å². The zero-order valence-corrected chi connectivity index (χ0v) is 34.9. The predicted octanol–water partition coefficient (Wildman–Crippen LogP) is 7.80. The predicted molar refractivity (Wildman–Crippen MR) is 221 cm³/mol. The lowest BCUT2D eigenvalue weighted by Gasteiger charge is -2.30. The van der Waals surface area contributed by atoms with Gasteiger partial charge in [-0.3, -0.25) is 13.7 Å². The fourth-order valence-electron chi connectivity index (χ4n) is 7.00. The molecule has 14 nitrogen and oxygen atoms in total. The first-order chi connectivity index (χ1) is 28.2. The number of benzene rings is 3. The Morgan fingerprint density at radius 3 is 2.37 bits per heavy atom. The van der Waals surface area contributed by atoms with Gasteiger partial charge in [-0.2, -0.15) is 0 Å². The van der Waals surface area contributed by atoms with Crippen LogP contribution in [0.5, 0.6) is 5.75 Å². The number of alkyl carbamates (subject to hydrolysis) is 1. The van der Waals surface area contributed by atoms with Crippen molar-refractivity contribution in [2.24, 2.45) is 5.92 Å². The van der Waals surface area contributed by atoms with Gasteiger partial charge in [0.1, 0.15) is 52.7 Å². The first-order valence-electron chi connectivity index (χ1n) is 18.9. The van der Waals surface area contributed by atoms with Crippen LogP contribution in [0, 0.1) is 17.6 Å². The molecule has 0 fully saturated rings. The molecule has 2 N–H and O–H groups in total. The molecule has 1 aliphatic heterocycles. The first-order valence-corrected chi connectivity index (χ1v) is 20.8. The third-order valence-corrected chi connectivity index (χ3v) is 11.1. The highest BCUT2D eigenvalue weighted by Crippen LogP contribution is 2.45. The maximum absolute atomic E-state index is 15.4. The van der Waals surface area contributed by atoms with Crippen LogP contribution in [0.3, 0.4) is 0 Å². The number of hydrogen-bond acceptors (Lipinski definition) is 10. The molecule has 6 aromatic rings. The summed E-state index contributed by atoms with van der Waals surface area (Å²) in [6.45, 7) is 8.25. The number of esters is 1. The summed E-state index contributed by atoms with van der Waals surface area (Å²) in [5, 5.41) is 5.76. The summed E-state index contributed by atoms with van der Waals surface area (Å²) in [6, 6.07) is 16.8. The van der Waals surface area contributed by atoms with Crippen molar-refractivity contribution in [1.29, 1.82) is 0 Å². The molecular formula is C43H43F2N5O9S. The number of anilines is 1. The summed E-state index contributed by atoms with van der Waals surface area (Å²) < 4.78 is 81.8. The van der Waals surface area contributed by atoms with Crippen LogP contribution in [0.2, 0.25) is 0 Å². The van der Waals surface area contributed by atoms with E-state index in [4.69, 9.17) is 23.6 Å². The molecule has 7 rings (SSSR count). The number of pyridine rings is 1. The van der Waals surface area contributed by atoms with Gasteiger partial charge in [0.25, 0.3) is 5.91 Å². The van der Waals surface area contributed by atoms with Crippen molar-refractivity contribution in [3.8, 4) is 39.7 Å². The number of hydrogen-bond donors (Lipinski definition) is 2. The summed E-state index contributed by atoms with van der Waals surface area (Å²) in [5.41, 5.74) is 1.70. The van der Waals surface area contributed by atoms with Gasteiger partial charge in [0.05, 0.1) is 34.4 Å². The molecular weight excluding hydrogens is 801 g/mol. The normalized spacial score (nSPS) is 14.3. The highest BCUT2D eigenvalue weighted by molar-refractivity contribution is 7.92. The average molecular weight is 844 g/mol. The quantitative estimate of drug-likeness (QED) is 0.130. The van der Waals surface area contributed by atoms with Crippen molar-refractivity contribution < 1.29 is 50.2 Å². The minimum atomic E-state index is -3.87. The lowest BCUT2D eigenvalue weighted by Crippen LogP contribution is -2.47. The van der Waals surface area contributed by atoms with Crippen LogP contribution < -0.4 is 19.7 Å². The van der Waals surface area contributed by atoms with Gasteiger partial charge < -0.3 is 29.3 Å². The molecule has 2 amide bonds. The molecule has 17 heteroatoms. The molecule has 4 heterocycles. The van der Waals surface area contributed by atoms with Crippen LogP contribution in [-0.4, -0.2) is 74.5 Å². The summed E-state index contributed by atoms with van der Waals surface area (Å²) in [6.07, 6.45) is -0.756. The minimum Gasteiger partial charge on any atom is -0.464 e. The smallest absolute Gasteiger partial charge is 0.408 e. The van der Waals surface area contributed by atoms with Crippen molar-refractivity contribution in [2.75, 3.05) is 31.3 Å². The van der Waals surface area contributed by atoms with Gasteiger partial charge >= 0.3 is 12.1 Å². The molecule has 1 aliphatic rings. The van der Waals surface area contributed by atoms with E-state index in [2.05, 4.69) is 10.6 Å². The Kier molecular flexibility index (Phi) is 10.8. The number of halogens is 2. The summed E-state index contributed by atoms with van der Waals surface area (Å²) in [5.74, 6) is -2.24. The molecule has 0 saturated carbocycles. The SMILES string of the molecule is CNC(=O)c1c(-c2ccc(F)cc2)oc2cc(N(C)S(C)(=O)=O)c(-c3ccc4c(n3)-c3cc5c(F)cccc5n3C(COC(=O)[C@@H](NC(=O)OC(C)(C)C)C(C)C)O4)cc12. The van der Waals surface area contributed by atoms with E-state index in [1.807, 2.05) is 0 Å². The van der Waals surface area contributed by atoms with E-state index in [0.717, 1.165) is 10.6 Å². The van der Waals surface area contributed by atoms with Gasteiger partial charge in [0.15, 0.2) is 0 Å². The maximum Gasteiger partial charge on any atom is 0.408 e. The molecule has 1 unspecified atom stereocenters. The van der Waals surface area contributed by atoms with Crippen molar-refractivity contribution in [3.63, 3.8) is 0 Å². The number of nitrogens with one attached hydrogen (secondary N) is 2. The molecule has 0 radical (unpaired) electrons. The van der Waals surface area contributed by atoms with E-state index in [1.165, 1.54) is 56.6 Å². The van der Waals surface area contributed by atoms with Crippen LogP contribution in [-0.2, 0) is 24.3 Å². The maximum atomic E-state index is 15.4. The summed E-state index contributed by atoms with van der Waals surface area (Å²) in [4.78, 5) is 44.4. The molecule has 0 saturated heterocycles. The second-order valence-corrected chi connectivity index (χ2v) is 17.7. The largest absolute Gasteiger partial charge is 0.464 e. The van der Waals surface area contributed by atoms with Gasteiger partial charge in [-0.25, -0.2) is 31.8 Å². The highest BCUT2D eigenvalue weighted by atomic mass is 32.2. The van der Waals surface area contributed by atoms with Crippen LogP contribution >= 0.6 is 0 Å². The van der Waals surface area contributed by atoms with Gasteiger partial charge in [-0.1, -0.05) is 19.9 Å². The van der Waals surface area contributed by atoms with Crippen LogP contribution in [0.4, 0.5) is 19.3 Å². The summed E-state index contributed by atoms with van der Waals surface area (Å²) in [7, 11) is -1.05. The van der Waals surface area contributed by atoms with E-state index >= 15 is 4.39 Å². The number of amides is 2. The van der Waals surface area contributed by atoms with Gasteiger partial charge in [0, 0.05) is 42.1 Å². The third kappa shape index (κ3) is 7.96. The van der Waals surface area contributed by atoms with E-state index in [0.29, 0.717) is 22.2 Å². The molecule has 0 spiro atoms. The lowest BCUT2D eigenvalue weighted by molar-refractivity contribution is -0.151. The van der Waals surface area contributed by atoms with E-state index in [-0.39, 0.29) is 63.2 Å². The van der Waals surface area contributed by atoms with Crippen LogP contribution in [0.25, 0.3) is 55.8 Å². The monoisotopic (exact) mass is 843 g/mol. The summed E-state index contributed by atoms with van der Waals surface area (Å²) >= 11 is 0. The number of carbonyl (C=O) groups is 3. The molecule has 0 aliphatic carbocycles. The Balaban J connectivity index is 1.33. The minimum absolute atomic E-state index is 0.129. The number of fused-ring (bicyclic) bond motifs is 6. The number of aromatic nitrogens is 2. The number of rotatable bonds is 10. The Labute approximate surface area is 344 Å². The first kappa shape index (κ1) is 41.7. The fraction of sp³-hybridized carbons (Fsp3) is 0.302. The molecule has 3 aromatic heterocycles. The van der Waals surface area contributed by atoms with Gasteiger partial charge in [0.2, 0.25) is 16.3 Å². The van der Waals surface area contributed by atoms with E-state index in [1.54, 1.807) is 69.5 Å². The Bertz CT molecular complexity index is 2790. The molecule has 0 bridgehead atoms. The number of ether oxygens (including phenoxy) is 3. The lowest BCUT2D eigenvalue weighted by atomic mass is 10.0. The number of nitrogens with zero attached hydrogens (tertiary/aromatic N) is 3. The van der Waals surface area contributed by atoms with Crippen LogP contribution in [0.1, 0.15) is 51.2 Å². The number of sulfonamides is 1. The van der Waals surface area contributed by atoms with E-state index < -0.39 is 57.5 Å². The number of furan rings is 1. The topological polar surface area (TPSA) is 171 Å². The Morgan fingerprint density at radius 1 is 1.00 bits per heavy atom. The third-order valence-electron chi connectivity index (χ3n) is 9.92. The zero-order valence-electron chi connectivity index (χ0n) is 34.0. The standard InChI is InChI=1S/C43H43F2N5O9S/c1-22(2)37(48-42(53)59-43(3,4)5)41(52)56-21-35-50-30-11-9-10-28(45)25(30)19-32(50)38-33(57-35)17-16-29(47-38)26-18-27-34(20-31(26)49(7)60(8,54)55)58-39(36(27)40(51)46-6)23-12-14-24(44)15-13-23/h9-20,22,35,37H,21H2,1-8H3,(H,46,51)(H,48,53)/t35?,37-/m0/s1. The van der Waals surface area contributed by atoms with E-state index in [9.17, 15) is 27.2 Å². The van der Waals surface area contributed by atoms with Gasteiger partial charge in [-0.15, -0.1) is 0 Å².